The van der Waals surface area contributed by atoms with Crippen LogP contribution in [0.25, 0.3) is 10.8 Å². The Hall–Kier alpha value is -2.74. The summed E-state index contributed by atoms with van der Waals surface area (Å²) in [5, 5.41) is 32.5. The number of benzene rings is 2. The highest BCUT2D eigenvalue weighted by Crippen LogP contribution is 2.46. The largest absolute Gasteiger partial charge is 0.508 e. The predicted octanol–water partition coefficient (Wildman–Crippen LogP) is 2.75. The molecular formula is C29H34IN5O5. The van der Waals surface area contributed by atoms with Crippen LogP contribution >= 0.6 is 22.6 Å². The fourth-order valence-electron chi connectivity index (χ4n) is 5.92. The second-order valence-electron chi connectivity index (χ2n) is 11.6. The van der Waals surface area contributed by atoms with E-state index in [-0.39, 0.29) is 36.2 Å². The molecule has 0 spiro atoms. The maximum Gasteiger partial charge on any atom is 0.318 e. The van der Waals surface area contributed by atoms with Crippen LogP contribution in [-0.4, -0.2) is 93.5 Å². The number of hydrogen-bond acceptors (Lipinski definition) is 9. The number of anilines is 1. The predicted molar refractivity (Wildman–Crippen MR) is 158 cm³/mol. The first-order valence-electron chi connectivity index (χ1n) is 13.6. The zero-order valence-corrected chi connectivity index (χ0v) is 24.8. The number of fused-ring (bicyclic) bond motifs is 2. The number of nitrogens with zero attached hydrogens (tertiary/aromatic N) is 5. The van der Waals surface area contributed by atoms with Gasteiger partial charge in [0.1, 0.15) is 11.6 Å². The van der Waals surface area contributed by atoms with Crippen LogP contribution in [0.15, 0.2) is 30.3 Å². The fourth-order valence-corrected chi connectivity index (χ4v) is 6.72. The van der Waals surface area contributed by atoms with Gasteiger partial charge in [-0.25, -0.2) is 0 Å². The lowest BCUT2D eigenvalue weighted by molar-refractivity contribution is 0.00778. The number of hydrogen-bond donors (Lipinski definition) is 3. The molecule has 2 fully saturated rings. The summed E-state index contributed by atoms with van der Waals surface area (Å²) in [4.78, 5) is 29.3. The quantitative estimate of drug-likeness (QED) is 0.329. The van der Waals surface area contributed by atoms with E-state index in [4.69, 9.17) is 14.7 Å². The van der Waals surface area contributed by atoms with Crippen molar-refractivity contribution in [3.8, 4) is 11.8 Å². The van der Waals surface area contributed by atoms with Crippen LogP contribution in [0.1, 0.15) is 40.9 Å². The van der Waals surface area contributed by atoms with E-state index in [0.29, 0.717) is 43.2 Å². The SMILES string of the molecule is CN(C)CC1(COc2nc3c(c(N4CC[C@H](O)[C@H](O)C4)n2)CN(C(=O)c2cc(O)cc4cccc(I)c24)C3)CC1. The number of phenols is 1. The average molecular weight is 660 g/mol. The standard InChI is InChI=1S/C29H34IN5O5/c1-33(2)15-29(7-8-29)16-40-28-31-22-13-35(12-20(22)26(32-28)34-9-6-23(37)24(38)14-34)27(39)19-11-18(36)10-17-4-3-5-21(30)25(17)19/h3-5,10-11,23-24,36-38H,6-9,12-16H2,1-2H3/t23-,24+/m0/s1. The molecule has 1 amide bonds. The molecule has 2 aliphatic heterocycles. The topological polar surface area (TPSA) is 122 Å². The van der Waals surface area contributed by atoms with E-state index in [0.717, 1.165) is 39.3 Å². The number of halogens is 1. The average Bonchev–Trinajstić information content (AvgIpc) is 3.53. The Balaban J connectivity index is 1.32. The van der Waals surface area contributed by atoms with Crippen LogP contribution in [0, 0.1) is 8.99 Å². The van der Waals surface area contributed by atoms with Crippen molar-refractivity contribution in [2.75, 3.05) is 45.2 Å². The summed E-state index contributed by atoms with van der Waals surface area (Å²) in [5.41, 5.74) is 2.07. The number of phenolic OH excluding ortho intramolecular Hbond substituents is 1. The minimum atomic E-state index is -0.890. The number of piperidine rings is 1. The number of aliphatic hydroxyl groups excluding tert-OH is 2. The van der Waals surface area contributed by atoms with Gasteiger partial charge in [-0.3, -0.25) is 4.79 Å². The molecule has 10 nitrogen and oxygen atoms in total. The number of carbonyl (C=O) groups is 1. The van der Waals surface area contributed by atoms with Crippen LogP contribution in [0.5, 0.6) is 11.8 Å². The first-order valence-corrected chi connectivity index (χ1v) is 14.7. The lowest BCUT2D eigenvalue weighted by atomic mass is 10.0. The monoisotopic (exact) mass is 659 g/mol. The third kappa shape index (κ3) is 5.31. The van der Waals surface area contributed by atoms with Gasteiger partial charge in [0.2, 0.25) is 0 Å². The molecule has 0 unspecified atom stereocenters. The summed E-state index contributed by atoms with van der Waals surface area (Å²) in [6.45, 7) is 2.78. The molecule has 40 heavy (non-hydrogen) atoms. The molecule has 1 aromatic heterocycles. The number of aromatic nitrogens is 2. The van der Waals surface area contributed by atoms with E-state index in [2.05, 4.69) is 41.6 Å². The first kappa shape index (κ1) is 27.4. The zero-order chi connectivity index (χ0) is 28.2. The summed E-state index contributed by atoms with van der Waals surface area (Å²) in [6.07, 6.45) is 0.940. The molecule has 212 valence electrons. The molecule has 3 heterocycles. The highest BCUT2D eigenvalue weighted by atomic mass is 127. The number of amides is 1. The molecule has 11 heteroatoms. The Labute approximate surface area is 246 Å². The molecule has 0 bridgehead atoms. The van der Waals surface area contributed by atoms with Gasteiger partial charge in [-0.05, 0) is 79.5 Å². The molecule has 1 saturated carbocycles. The van der Waals surface area contributed by atoms with Crippen molar-refractivity contribution in [2.45, 2.75) is 44.6 Å². The van der Waals surface area contributed by atoms with Crippen LogP contribution in [0.4, 0.5) is 5.82 Å². The van der Waals surface area contributed by atoms with Crippen molar-refractivity contribution in [2.24, 2.45) is 5.41 Å². The van der Waals surface area contributed by atoms with E-state index in [9.17, 15) is 20.1 Å². The number of ether oxygens (including phenoxy) is 1. The summed E-state index contributed by atoms with van der Waals surface area (Å²) in [7, 11) is 4.12. The molecule has 0 radical (unpaired) electrons. The van der Waals surface area contributed by atoms with Crippen LogP contribution in [-0.2, 0) is 13.1 Å². The van der Waals surface area contributed by atoms with E-state index >= 15 is 0 Å². The van der Waals surface area contributed by atoms with Crippen molar-refractivity contribution >= 4 is 45.1 Å². The number of aliphatic hydroxyl groups is 2. The van der Waals surface area contributed by atoms with Gasteiger partial charge < -0.3 is 34.8 Å². The highest BCUT2D eigenvalue weighted by Gasteiger charge is 2.44. The molecule has 6 rings (SSSR count). The van der Waals surface area contributed by atoms with Gasteiger partial charge >= 0.3 is 6.01 Å². The minimum Gasteiger partial charge on any atom is -0.508 e. The second-order valence-corrected chi connectivity index (χ2v) is 12.8. The first-order chi connectivity index (χ1) is 19.1. The van der Waals surface area contributed by atoms with Crippen LogP contribution in [0.3, 0.4) is 0 Å². The van der Waals surface area contributed by atoms with Gasteiger partial charge in [0.25, 0.3) is 5.91 Å². The van der Waals surface area contributed by atoms with Crippen molar-refractivity contribution in [1.82, 2.24) is 19.8 Å². The molecule has 2 aromatic carbocycles. The second kappa shape index (κ2) is 10.6. The van der Waals surface area contributed by atoms with E-state index < -0.39 is 12.2 Å². The van der Waals surface area contributed by atoms with E-state index in [1.165, 1.54) is 6.07 Å². The van der Waals surface area contributed by atoms with Crippen LogP contribution in [0.2, 0.25) is 0 Å². The van der Waals surface area contributed by atoms with Crippen molar-refractivity contribution in [3.63, 3.8) is 0 Å². The molecule has 3 N–H and O–H groups in total. The Morgan fingerprint density at radius 3 is 2.70 bits per heavy atom. The number of aromatic hydroxyl groups is 1. The van der Waals surface area contributed by atoms with E-state index in [1.807, 2.05) is 23.1 Å². The Morgan fingerprint density at radius 1 is 1.18 bits per heavy atom. The third-order valence-electron chi connectivity index (χ3n) is 8.13. The van der Waals surface area contributed by atoms with Crippen LogP contribution < -0.4 is 9.64 Å². The Bertz CT molecular complexity index is 1460. The molecule has 3 aromatic rings. The van der Waals surface area contributed by atoms with E-state index in [1.54, 1.807) is 11.0 Å². The van der Waals surface area contributed by atoms with Gasteiger partial charge in [0, 0.05) is 39.6 Å². The molecular weight excluding hydrogens is 625 g/mol. The molecule has 2 atom stereocenters. The number of rotatable bonds is 7. The Kier molecular flexibility index (Phi) is 7.26. The number of carbonyl (C=O) groups excluding carboxylic acids is 1. The number of β-amino-alcohol motifs (C(OH)–C–C–N with tert-alkyl or cyclic N) is 1. The zero-order valence-electron chi connectivity index (χ0n) is 22.7. The van der Waals surface area contributed by atoms with Gasteiger partial charge in [0.15, 0.2) is 0 Å². The van der Waals surface area contributed by atoms with Gasteiger partial charge in [-0.2, -0.15) is 9.97 Å². The molecule has 1 aliphatic carbocycles. The maximum atomic E-state index is 13.9. The summed E-state index contributed by atoms with van der Waals surface area (Å²) >= 11 is 2.22. The third-order valence-corrected chi connectivity index (χ3v) is 9.03. The molecule has 1 saturated heterocycles. The van der Waals surface area contributed by atoms with Gasteiger partial charge in [-0.15, -0.1) is 0 Å². The Morgan fingerprint density at radius 2 is 1.98 bits per heavy atom. The van der Waals surface area contributed by atoms with Crippen molar-refractivity contribution in [1.29, 1.82) is 0 Å². The molecule has 3 aliphatic rings. The summed E-state index contributed by atoms with van der Waals surface area (Å²) in [6, 6.07) is 9.20. The lowest BCUT2D eigenvalue weighted by Crippen LogP contribution is -2.47. The van der Waals surface area contributed by atoms with Crippen molar-refractivity contribution < 1.29 is 24.9 Å². The lowest BCUT2D eigenvalue weighted by Gasteiger charge is -2.35. The maximum absolute atomic E-state index is 13.9. The van der Waals surface area contributed by atoms with Gasteiger partial charge in [0.05, 0.1) is 43.2 Å². The smallest absolute Gasteiger partial charge is 0.318 e. The fraction of sp³-hybridized carbons (Fsp3) is 0.483. The summed E-state index contributed by atoms with van der Waals surface area (Å²) < 4.78 is 7.11. The normalized spacial score (nSPS) is 21.6. The minimum absolute atomic E-state index is 0.0401. The van der Waals surface area contributed by atoms with Gasteiger partial charge in [-0.1, -0.05) is 12.1 Å². The summed E-state index contributed by atoms with van der Waals surface area (Å²) in [5.74, 6) is 0.473. The van der Waals surface area contributed by atoms with Crippen molar-refractivity contribution in [3.05, 3.63) is 50.7 Å². The highest BCUT2D eigenvalue weighted by molar-refractivity contribution is 14.1.